The summed E-state index contributed by atoms with van der Waals surface area (Å²) in [6, 6.07) is 0. The summed E-state index contributed by atoms with van der Waals surface area (Å²) in [5.41, 5.74) is 4.23. The largest absolute Gasteiger partial charge is 0.481 e. The van der Waals surface area contributed by atoms with Crippen LogP contribution in [0.5, 0.6) is 0 Å². The van der Waals surface area contributed by atoms with Crippen molar-refractivity contribution in [1.82, 2.24) is 30.2 Å². The highest BCUT2D eigenvalue weighted by atomic mass is 32.2. The molecule has 1 saturated heterocycles. The van der Waals surface area contributed by atoms with Gasteiger partial charge in [0, 0.05) is 37.1 Å². The molecule has 3 rings (SSSR count). The second-order valence-electron chi connectivity index (χ2n) is 15.9. The number of amides is 2. The van der Waals surface area contributed by atoms with Gasteiger partial charge in [-0.2, -0.15) is 4.31 Å². The minimum Gasteiger partial charge on any atom is -0.393 e. The molecule has 0 aromatic carbocycles. The van der Waals surface area contributed by atoms with Crippen LogP contribution in [0.15, 0.2) is 12.7 Å². The maximum atomic E-state index is 12.7. The molecule has 30 heteroatoms. The number of anilines is 1. The predicted octanol–water partition coefficient (Wildman–Crippen LogP) is 1.31. The Hall–Kier alpha value is -2.52. The predicted molar refractivity (Wildman–Crippen MR) is 231 cm³/mol. The second kappa shape index (κ2) is 26.3. The number of aliphatic hydroxyl groups is 4. The van der Waals surface area contributed by atoms with E-state index in [0.717, 1.165) is 67.5 Å². The first-order valence-electron chi connectivity index (χ1n) is 20.8. The van der Waals surface area contributed by atoms with E-state index < -0.39 is 90.7 Å². The Morgan fingerprint density at radius 1 is 0.923 bits per heavy atom. The molecule has 1 aliphatic rings. The van der Waals surface area contributed by atoms with Crippen molar-refractivity contribution in [2.45, 2.75) is 134 Å². The maximum Gasteiger partial charge on any atom is 0.481 e. The van der Waals surface area contributed by atoms with Gasteiger partial charge in [-0.05, 0) is 19.3 Å². The summed E-state index contributed by atoms with van der Waals surface area (Å²) in [5.74, 6) is -1.29. The number of thioether (sulfide) groups is 1. The van der Waals surface area contributed by atoms with E-state index in [1.165, 1.54) is 13.8 Å². The van der Waals surface area contributed by atoms with E-state index in [9.17, 15) is 68.1 Å². The van der Waals surface area contributed by atoms with E-state index in [1.54, 1.807) is 0 Å². The Morgan fingerprint density at radius 3 is 2.23 bits per heavy atom. The lowest BCUT2D eigenvalue weighted by molar-refractivity contribution is -0.137. The number of nitrogens with two attached hydrogens (primary N) is 1. The van der Waals surface area contributed by atoms with Crippen LogP contribution in [-0.2, 0) is 50.7 Å². The van der Waals surface area contributed by atoms with Gasteiger partial charge in [-0.1, -0.05) is 71.1 Å². The number of aromatic nitrogens is 4. The van der Waals surface area contributed by atoms with Gasteiger partial charge in [0.05, 0.1) is 31.7 Å². The van der Waals surface area contributed by atoms with Gasteiger partial charge in [0.15, 0.2) is 22.8 Å². The first-order chi connectivity index (χ1) is 30.3. The molecule has 26 nitrogen and oxygen atoms in total. The third-order valence-electron chi connectivity index (χ3n) is 9.88. The van der Waals surface area contributed by atoms with Crippen molar-refractivity contribution in [2.24, 2.45) is 5.41 Å². The molecule has 0 radical (unpaired) electrons. The number of imidazole rings is 1. The van der Waals surface area contributed by atoms with Gasteiger partial charge in [-0.3, -0.25) is 32.5 Å². The Balaban J connectivity index is 1.36. The summed E-state index contributed by atoms with van der Waals surface area (Å²) in [4.78, 5) is 88.2. The number of ether oxygens (including phenoxy) is 1. The molecule has 0 saturated carbocycles. The zero-order valence-corrected chi connectivity index (χ0v) is 39.7. The number of unbranched alkanes of at least 4 members (excludes halogenated alkanes) is 4. The summed E-state index contributed by atoms with van der Waals surface area (Å²) in [6.07, 6.45) is -0.544. The molecule has 372 valence electrons. The Bertz CT molecular complexity index is 2000. The average Bonchev–Trinajstić information content (AvgIpc) is 3.77. The lowest BCUT2D eigenvalue weighted by Gasteiger charge is -2.30. The molecular formula is C35H62N7O19P3S. The van der Waals surface area contributed by atoms with Gasteiger partial charge in [0.1, 0.15) is 36.3 Å². The smallest absolute Gasteiger partial charge is 0.393 e. The number of hydrogen-bond acceptors (Lipinski definition) is 20. The number of phosphoric acid groups is 3. The Labute approximate surface area is 379 Å². The molecule has 2 aromatic heterocycles. The van der Waals surface area contributed by atoms with Crippen LogP contribution in [0.25, 0.3) is 11.2 Å². The van der Waals surface area contributed by atoms with Crippen molar-refractivity contribution < 1.29 is 90.7 Å². The number of hydrogen-bond donors (Lipinski definition) is 11. The van der Waals surface area contributed by atoms with Gasteiger partial charge >= 0.3 is 23.5 Å². The van der Waals surface area contributed by atoms with Crippen LogP contribution in [0.4, 0.5) is 5.82 Å². The van der Waals surface area contributed by atoms with Crippen LogP contribution in [-0.4, -0.2) is 145 Å². The molecule has 0 bridgehead atoms. The monoisotopic (exact) mass is 1010 g/mol. The highest BCUT2D eigenvalue weighted by molar-refractivity contribution is 8.13. The van der Waals surface area contributed by atoms with Crippen molar-refractivity contribution in [1.29, 1.82) is 0 Å². The Kier molecular flexibility index (Phi) is 23.0. The summed E-state index contributed by atoms with van der Waals surface area (Å²) >= 11 is 0.956. The van der Waals surface area contributed by atoms with Crippen molar-refractivity contribution in [3.05, 3.63) is 12.7 Å². The Morgan fingerprint density at radius 2 is 1.57 bits per heavy atom. The maximum absolute atomic E-state index is 12.7. The molecule has 65 heavy (non-hydrogen) atoms. The summed E-state index contributed by atoms with van der Waals surface area (Å²) < 4.78 is 62.3. The van der Waals surface area contributed by atoms with E-state index >= 15 is 0 Å². The van der Waals surface area contributed by atoms with Gasteiger partial charge in [0.25, 0.3) is 0 Å². The molecule has 12 N–H and O–H groups in total. The van der Waals surface area contributed by atoms with E-state index in [0.29, 0.717) is 19.3 Å². The van der Waals surface area contributed by atoms with E-state index in [-0.39, 0.29) is 59.9 Å². The number of nitrogens with zero attached hydrogens (tertiary/aromatic N) is 4. The van der Waals surface area contributed by atoms with Crippen LogP contribution >= 0.6 is 35.2 Å². The van der Waals surface area contributed by atoms with E-state index in [4.69, 9.17) is 19.5 Å². The van der Waals surface area contributed by atoms with Gasteiger partial charge in [0.2, 0.25) is 11.8 Å². The molecule has 0 spiro atoms. The van der Waals surface area contributed by atoms with E-state index in [1.807, 2.05) is 0 Å². The molecule has 9 unspecified atom stereocenters. The zero-order valence-electron chi connectivity index (χ0n) is 36.2. The second-order valence-corrected chi connectivity index (χ2v) is 21.3. The summed E-state index contributed by atoms with van der Waals surface area (Å²) in [6.45, 7) is 2.45. The third kappa shape index (κ3) is 19.9. The minimum absolute atomic E-state index is 0.0238. The van der Waals surface area contributed by atoms with Crippen LogP contribution < -0.4 is 16.4 Å². The number of nitrogens with one attached hydrogen (secondary N) is 2. The molecule has 9 atom stereocenters. The molecule has 3 heterocycles. The molecule has 2 aromatic rings. The topological polar surface area (TPSA) is 404 Å². The van der Waals surface area contributed by atoms with Crippen molar-refractivity contribution in [2.75, 3.05) is 37.8 Å². The number of carbonyl (C=O) groups is 3. The molecular weight excluding hydrogens is 947 g/mol. The highest BCUT2D eigenvalue weighted by Crippen LogP contribution is 2.61. The van der Waals surface area contributed by atoms with Crippen LogP contribution in [0.2, 0.25) is 0 Å². The number of rotatable bonds is 31. The third-order valence-corrected chi connectivity index (χ3v) is 13.9. The minimum atomic E-state index is -5.59. The van der Waals surface area contributed by atoms with Crippen molar-refractivity contribution in [3.8, 4) is 0 Å². The summed E-state index contributed by atoms with van der Waals surface area (Å²) in [7, 11) is -16.5. The van der Waals surface area contributed by atoms with Gasteiger partial charge in [-0.15, -0.1) is 0 Å². The zero-order chi connectivity index (χ0) is 48.6. The molecule has 1 fully saturated rings. The fourth-order valence-corrected chi connectivity index (χ4v) is 9.93. The number of aliphatic hydroxyl groups excluding tert-OH is 4. The van der Waals surface area contributed by atoms with Crippen LogP contribution in [0.1, 0.15) is 97.6 Å². The van der Waals surface area contributed by atoms with Gasteiger partial charge < -0.3 is 61.1 Å². The molecule has 2 amide bonds. The fourth-order valence-electron chi connectivity index (χ4n) is 6.36. The lowest BCUT2D eigenvalue weighted by atomic mass is 9.87. The molecule has 1 aliphatic heterocycles. The first kappa shape index (κ1) is 56.8. The fraction of sp³-hybridized carbons (Fsp3) is 0.771. The lowest BCUT2D eigenvalue weighted by Crippen LogP contribution is -2.46. The highest BCUT2D eigenvalue weighted by Gasteiger charge is 2.50. The number of phosphoric ester groups is 3. The van der Waals surface area contributed by atoms with Gasteiger partial charge in [-0.25, -0.2) is 28.6 Å². The summed E-state index contributed by atoms with van der Waals surface area (Å²) in [5, 5.41) is 46.5. The van der Waals surface area contributed by atoms with Crippen LogP contribution in [0.3, 0.4) is 0 Å². The quantitative estimate of drug-likeness (QED) is 0.0374. The average molecular weight is 1010 g/mol. The van der Waals surface area contributed by atoms with Crippen molar-refractivity contribution in [3.63, 3.8) is 0 Å². The number of fused-ring (bicyclic) bond motifs is 1. The first-order valence-corrected chi connectivity index (χ1v) is 26.3. The van der Waals surface area contributed by atoms with Crippen molar-refractivity contribution >= 4 is 69.1 Å². The van der Waals surface area contributed by atoms with Crippen LogP contribution in [0, 0.1) is 5.41 Å². The normalized spacial score (nSPS) is 21.3. The number of carbonyl (C=O) groups excluding carboxylic acids is 3. The standard InChI is InChI=1S/C35H62N7O19P3S/c1-4-5-6-7-10-22(43)11-8-9-12-23(44)17-26(46)65-16-15-37-25(45)13-14-38-33(49)30(48)35(2,3)19-58-64(55,56)61-63(53,54)57-18-24-29(60-62(50,51)52)28(47)34(59-24)42-21-41-27-31(36)39-20-40-32(27)42/h20-24,28-30,34,43-44,47-48H,4-19H2,1-3H3,(H,37,45)(H,38,49)(H,53,54)(H,55,56)(H2,36,39,40)(H2,50,51,52). The SMILES string of the molecule is CCCCCCC(O)CCCCC(O)CC(=O)SCCNC(=O)CCNC(=O)C(O)C(C)(C)COP(=O)(O)OP(=O)(O)OCC1OC(n2cnc3c(N)ncnc32)C(O)C1OP(=O)(O)O. The number of nitrogen functional groups attached to an aromatic ring is 1. The molecule has 0 aliphatic carbocycles. The van der Waals surface area contributed by atoms with E-state index in [2.05, 4.69) is 41.3 Å².